The number of hydrogen-bond donors (Lipinski definition) is 1. The lowest BCUT2D eigenvalue weighted by Gasteiger charge is -2.34. The summed E-state index contributed by atoms with van der Waals surface area (Å²) in [6.45, 7) is -0.829. The van der Waals surface area contributed by atoms with Crippen molar-refractivity contribution in [2.75, 3.05) is 46.3 Å². The molecule has 4 rings (SSSR count). The Balaban J connectivity index is 1.89. The first-order valence-corrected chi connectivity index (χ1v) is 17.1. The lowest BCUT2D eigenvalue weighted by Crippen LogP contribution is -2.53. The topological polar surface area (TPSA) is 124 Å². The summed E-state index contributed by atoms with van der Waals surface area (Å²) in [4.78, 5) is 29.3. The number of rotatable bonds is 15. The standard InChI is InChI=1S/C35H37Cl2N3O8S/c1-38-35(42)30(18-23-9-7-6-8-10-23)39(21-24-11-14-27(36)28(37)17-24)34(41)22-40(29-19-25(45-2)12-15-31(29)46-3)49(43,44)26-13-16-32(47-4)33(20-26)48-5/h6-17,19-20,30H,18,21-22H2,1-5H3,(H,38,42)/t30-/m1/s1. The Bertz CT molecular complexity index is 1890. The number of carbonyl (C=O) groups excluding carboxylic acids is 2. The van der Waals surface area contributed by atoms with Crippen LogP contribution in [0.5, 0.6) is 23.0 Å². The van der Waals surface area contributed by atoms with Crippen molar-refractivity contribution in [3.8, 4) is 23.0 Å². The van der Waals surface area contributed by atoms with Gasteiger partial charge in [-0.1, -0.05) is 59.6 Å². The monoisotopic (exact) mass is 729 g/mol. The van der Waals surface area contributed by atoms with Crippen LogP contribution in [0.3, 0.4) is 0 Å². The van der Waals surface area contributed by atoms with Gasteiger partial charge >= 0.3 is 0 Å². The van der Waals surface area contributed by atoms with Crippen molar-refractivity contribution in [1.29, 1.82) is 0 Å². The molecule has 49 heavy (non-hydrogen) atoms. The number of anilines is 1. The van der Waals surface area contributed by atoms with E-state index in [0.29, 0.717) is 22.1 Å². The molecule has 0 aliphatic carbocycles. The molecule has 0 bridgehead atoms. The van der Waals surface area contributed by atoms with Crippen molar-refractivity contribution in [2.24, 2.45) is 0 Å². The maximum Gasteiger partial charge on any atom is 0.265 e. The van der Waals surface area contributed by atoms with Crippen molar-refractivity contribution in [3.05, 3.63) is 106 Å². The second-order valence-corrected chi connectivity index (χ2v) is 13.3. The van der Waals surface area contributed by atoms with Gasteiger partial charge in [0.2, 0.25) is 11.8 Å². The van der Waals surface area contributed by atoms with Gasteiger partial charge in [-0.25, -0.2) is 8.42 Å². The molecule has 0 saturated carbocycles. The zero-order valence-electron chi connectivity index (χ0n) is 27.6. The molecule has 11 nitrogen and oxygen atoms in total. The van der Waals surface area contributed by atoms with Gasteiger partial charge in [-0.15, -0.1) is 0 Å². The Morgan fingerprint density at radius 1 is 0.755 bits per heavy atom. The maximum atomic E-state index is 14.7. The predicted octanol–water partition coefficient (Wildman–Crippen LogP) is 5.61. The van der Waals surface area contributed by atoms with E-state index in [1.165, 1.54) is 70.7 Å². The van der Waals surface area contributed by atoms with E-state index in [9.17, 15) is 18.0 Å². The van der Waals surface area contributed by atoms with Crippen LogP contribution in [-0.2, 0) is 32.6 Å². The van der Waals surface area contributed by atoms with Crippen LogP contribution in [0.15, 0.2) is 89.8 Å². The Morgan fingerprint density at radius 3 is 2.04 bits per heavy atom. The van der Waals surface area contributed by atoms with Gasteiger partial charge in [-0.05, 0) is 47.5 Å². The lowest BCUT2D eigenvalue weighted by atomic mass is 10.0. The number of benzene rings is 4. The molecule has 0 aliphatic heterocycles. The van der Waals surface area contributed by atoms with E-state index in [4.69, 9.17) is 42.1 Å². The summed E-state index contributed by atoms with van der Waals surface area (Å²) < 4.78 is 51.7. The predicted molar refractivity (Wildman–Crippen MR) is 189 cm³/mol. The second kappa shape index (κ2) is 16.6. The molecule has 0 heterocycles. The van der Waals surface area contributed by atoms with Gasteiger partial charge in [0.05, 0.1) is 49.1 Å². The number of amides is 2. The van der Waals surface area contributed by atoms with Crippen LogP contribution in [0.4, 0.5) is 5.69 Å². The summed E-state index contributed by atoms with van der Waals surface area (Å²) in [5, 5.41) is 3.22. The lowest BCUT2D eigenvalue weighted by molar-refractivity contribution is -0.139. The molecule has 2 amide bonds. The van der Waals surface area contributed by atoms with E-state index in [1.807, 2.05) is 30.3 Å². The van der Waals surface area contributed by atoms with Crippen LogP contribution in [0.2, 0.25) is 10.0 Å². The molecule has 14 heteroatoms. The molecule has 0 radical (unpaired) electrons. The molecule has 0 spiro atoms. The van der Waals surface area contributed by atoms with Gasteiger partial charge in [-0.3, -0.25) is 13.9 Å². The summed E-state index contributed by atoms with van der Waals surface area (Å²) in [7, 11) is 2.58. The fraction of sp³-hybridized carbons (Fsp3) is 0.257. The minimum atomic E-state index is -4.52. The Hall–Kier alpha value is -4.65. The quantitative estimate of drug-likeness (QED) is 0.168. The zero-order chi connectivity index (χ0) is 35.7. The highest BCUT2D eigenvalue weighted by atomic mass is 35.5. The minimum Gasteiger partial charge on any atom is -0.497 e. The Labute approximate surface area is 296 Å². The second-order valence-electron chi connectivity index (χ2n) is 10.7. The number of nitrogens with zero attached hydrogens (tertiary/aromatic N) is 2. The first-order valence-electron chi connectivity index (χ1n) is 14.9. The first kappa shape index (κ1) is 37.2. The molecule has 0 saturated heterocycles. The smallest absolute Gasteiger partial charge is 0.265 e. The summed E-state index contributed by atoms with van der Waals surface area (Å²) in [5.74, 6) is -0.201. The van der Waals surface area contributed by atoms with Crippen molar-refractivity contribution in [3.63, 3.8) is 0 Å². The van der Waals surface area contributed by atoms with Crippen LogP contribution in [-0.4, -0.2) is 73.2 Å². The number of likely N-dealkylation sites (N-methyl/N-ethyl adjacent to an activating group) is 1. The summed E-state index contributed by atoms with van der Waals surface area (Å²) in [5.41, 5.74) is 1.38. The molecule has 0 aromatic heterocycles. The minimum absolute atomic E-state index is 0.0269. The van der Waals surface area contributed by atoms with Crippen molar-refractivity contribution in [1.82, 2.24) is 10.2 Å². The van der Waals surface area contributed by atoms with Crippen LogP contribution >= 0.6 is 23.2 Å². The van der Waals surface area contributed by atoms with Crippen LogP contribution in [0, 0.1) is 0 Å². The molecule has 0 unspecified atom stereocenters. The number of hydrogen-bond acceptors (Lipinski definition) is 8. The van der Waals surface area contributed by atoms with Crippen molar-refractivity contribution >= 4 is 50.7 Å². The molecule has 260 valence electrons. The molecular weight excluding hydrogens is 693 g/mol. The van der Waals surface area contributed by atoms with Gasteiger partial charge < -0.3 is 29.2 Å². The van der Waals surface area contributed by atoms with Gasteiger partial charge in [0.15, 0.2) is 11.5 Å². The maximum absolute atomic E-state index is 14.7. The highest BCUT2D eigenvalue weighted by Gasteiger charge is 2.36. The average Bonchev–Trinajstić information content (AvgIpc) is 3.12. The molecule has 4 aromatic rings. The highest BCUT2D eigenvalue weighted by molar-refractivity contribution is 7.92. The number of ether oxygens (including phenoxy) is 4. The first-order chi connectivity index (χ1) is 23.5. The molecule has 4 aromatic carbocycles. The Morgan fingerprint density at radius 2 is 1.43 bits per heavy atom. The third kappa shape index (κ3) is 8.69. The van der Waals surface area contributed by atoms with Gasteiger partial charge in [0, 0.05) is 32.1 Å². The summed E-state index contributed by atoms with van der Waals surface area (Å²) >= 11 is 12.5. The molecular formula is C35H37Cl2N3O8S. The summed E-state index contributed by atoms with van der Waals surface area (Å²) in [6, 6.07) is 21.7. The van der Waals surface area contributed by atoms with Crippen LogP contribution in [0.1, 0.15) is 11.1 Å². The number of methoxy groups -OCH3 is 4. The molecule has 1 atom stereocenters. The third-order valence-corrected chi connectivity index (χ3v) is 10.2. The molecule has 0 fully saturated rings. The van der Waals surface area contributed by atoms with E-state index in [1.54, 1.807) is 24.3 Å². The number of halogens is 2. The molecule has 1 N–H and O–H groups in total. The fourth-order valence-electron chi connectivity index (χ4n) is 5.16. The van der Waals surface area contributed by atoms with E-state index in [0.717, 1.165) is 9.87 Å². The van der Waals surface area contributed by atoms with Crippen molar-refractivity contribution < 1.29 is 37.0 Å². The zero-order valence-corrected chi connectivity index (χ0v) is 29.9. The van der Waals surface area contributed by atoms with E-state index < -0.39 is 34.4 Å². The number of nitrogens with one attached hydrogen (secondary N) is 1. The fourth-order valence-corrected chi connectivity index (χ4v) is 6.92. The molecule has 0 aliphatic rings. The van der Waals surface area contributed by atoms with E-state index >= 15 is 0 Å². The van der Waals surface area contributed by atoms with Gasteiger partial charge in [-0.2, -0.15) is 0 Å². The number of sulfonamides is 1. The highest BCUT2D eigenvalue weighted by Crippen LogP contribution is 2.38. The normalized spacial score (nSPS) is 11.7. The van der Waals surface area contributed by atoms with Crippen LogP contribution < -0.4 is 28.6 Å². The largest absolute Gasteiger partial charge is 0.497 e. The van der Waals surface area contributed by atoms with E-state index in [-0.39, 0.29) is 40.1 Å². The number of carbonyl (C=O) groups is 2. The SMILES string of the molecule is CNC(=O)[C@@H](Cc1ccccc1)N(Cc1ccc(Cl)c(Cl)c1)C(=O)CN(c1cc(OC)ccc1OC)S(=O)(=O)c1ccc(OC)c(OC)c1. The Kier molecular flexibility index (Phi) is 12.6. The third-order valence-electron chi connectivity index (χ3n) is 7.73. The van der Waals surface area contributed by atoms with Gasteiger partial charge in [0.25, 0.3) is 10.0 Å². The van der Waals surface area contributed by atoms with E-state index in [2.05, 4.69) is 5.32 Å². The average molecular weight is 731 g/mol. The van der Waals surface area contributed by atoms with Crippen molar-refractivity contribution in [2.45, 2.75) is 23.9 Å². The van der Waals surface area contributed by atoms with Crippen LogP contribution in [0.25, 0.3) is 0 Å². The summed E-state index contributed by atoms with van der Waals surface area (Å²) in [6.07, 6.45) is 0.137. The van der Waals surface area contributed by atoms with Gasteiger partial charge in [0.1, 0.15) is 24.1 Å².